The average Bonchev–Trinajstić information content (AvgIpc) is 3.09. The van der Waals surface area contributed by atoms with Gasteiger partial charge < -0.3 is 24.3 Å². The van der Waals surface area contributed by atoms with Crippen molar-refractivity contribution in [2.45, 2.75) is 13.3 Å². The highest BCUT2D eigenvalue weighted by Gasteiger charge is 2.19. The van der Waals surface area contributed by atoms with Crippen molar-refractivity contribution in [1.82, 2.24) is 19.7 Å². The van der Waals surface area contributed by atoms with E-state index < -0.39 is 23.1 Å². The molecule has 13 heteroatoms. The van der Waals surface area contributed by atoms with Crippen molar-refractivity contribution in [3.8, 4) is 28.7 Å². The number of ether oxygens (including phenoxy) is 4. The lowest BCUT2D eigenvalue weighted by Gasteiger charge is -2.26. The highest BCUT2D eigenvalue weighted by molar-refractivity contribution is 6.03. The molecule has 1 aliphatic rings. The van der Waals surface area contributed by atoms with Gasteiger partial charge in [-0.3, -0.25) is 19.5 Å². The van der Waals surface area contributed by atoms with E-state index in [-0.39, 0.29) is 28.4 Å². The van der Waals surface area contributed by atoms with Crippen LogP contribution in [0.2, 0.25) is 0 Å². The predicted molar refractivity (Wildman–Crippen MR) is 175 cm³/mol. The number of aryl methyl sites for hydroxylation is 1. The number of halogens is 2. The van der Waals surface area contributed by atoms with E-state index in [9.17, 15) is 14.0 Å². The number of amides is 1. The van der Waals surface area contributed by atoms with Crippen LogP contribution >= 0.6 is 0 Å². The van der Waals surface area contributed by atoms with E-state index in [1.165, 1.54) is 50.4 Å². The number of hydrogen-bond donors (Lipinski definition) is 1. The summed E-state index contributed by atoms with van der Waals surface area (Å²) in [6.45, 7) is 6.23. The number of nitrogens with one attached hydrogen (secondary N) is 1. The van der Waals surface area contributed by atoms with E-state index in [0.717, 1.165) is 50.0 Å². The summed E-state index contributed by atoms with van der Waals surface area (Å²) in [5.41, 5.74) is 0.127. The van der Waals surface area contributed by atoms with Gasteiger partial charge in [0.05, 0.1) is 43.8 Å². The second-order valence-electron chi connectivity index (χ2n) is 11.1. The minimum absolute atomic E-state index is 0.0431. The summed E-state index contributed by atoms with van der Waals surface area (Å²) in [5, 5.41) is 7.18. The number of carbonyl (C=O) groups excluding carboxylic acids is 1. The first-order valence-corrected chi connectivity index (χ1v) is 15.3. The van der Waals surface area contributed by atoms with Gasteiger partial charge >= 0.3 is 0 Å². The molecule has 1 fully saturated rings. The third-order valence-electron chi connectivity index (χ3n) is 7.81. The van der Waals surface area contributed by atoms with Crippen molar-refractivity contribution >= 4 is 22.5 Å². The van der Waals surface area contributed by atoms with Gasteiger partial charge in [-0.15, -0.1) is 0 Å². The second-order valence-corrected chi connectivity index (χ2v) is 11.1. The fourth-order valence-corrected chi connectivity index (χ4v) is 5.30. The molecule has 0 bridgehead atoms. The van der Waals surface area contributed by atoms with Crippen molar-refractivity contribution in [2.24, 2.45) is 0 Å². The quantitative estimate of drug-likeness (QED) is 0.183. The smallest absolute Gasteiger partial charge is 0.276 e. The van der Waals surface area contributed by atoms with Crippen LogP contribution < -0.4 is 25.1 Å². The SMILES string of the molecule is COc1cc2c(Oc3ccc(-n4nc(C(=O)Nc5ccccc5F)c(C)cc4=O)cc3F)ccnc2cc1OCCCN1CCOCC1. The first-order chi connectivity index (χ1) is 23.3. The number of benzene rings is 3. The molecular weight excluding hydrogens is 624 g/mol. The van der Waals surface area contributed by atoms with Gasteiger partial charge in [-0.1, -0.05) is 12.1 Å². The summed E-state index contributed by atoms with van der Waals surface area (Å²) in [6.07, 6.45) is 2.38. The molecule has 0 radical (unpaired) electrons. The van der Waals surface area contributed by atoms with Crippen LogP contribution in [0.3, 0.4) is 0 Å². The van der Waals surface area contributed by atoms with Crippen LogP contribution in [0.4, 0.5) is 14.5 Å². The number of methoxy groups -OCH3 is 1. The number of anilines is 1. The molecule has 6 rings (SSSR count). The number of rotatable bonds is 11. The summed E-state index contributed by atoms with van der Waals surface area (Å²) in [5.74, 6) is -0.927. The molecule has 248 valence electrons. The average molecular weight is 658 g/mol. The molecule has 2 aromatic heterocycles. The number of aromatic nitrogens is 3. The summed E-state index contributed by atoms with van der Waals surface area (Å²) in [7, 11) is 1.53. The van der Waals surface area contributed by atoms with E-state index in [1.54, 1.807) is 30.5 Å². The van der Waals surface area contributed by atoms with E-state index in [0.29, 0.717) is 34.8 Å². The standard InChI is InChI=1S/C35H33F2N5O6/c1-22-18-33(43)42(40-34(22)35(44)39-27-7-4-3-6-25(27)36)23-8-9-30(26(37)19-23)48-29-10-11-38-28-21-32(31(45-2)20-24(28)29)47-15-5-12-41-13-16-46-17-14-41/h3-4,6-11,18-21H,5,12-17H2,1-2H3,(H,39,44). The van der Waals surface area contributed by atoms with Crippen molar-refractivity contribution in [1.29, 1.82) is 0 Å². The maximum Gasteiger partial charge on any atom is 0.276 e. The van der Waals surface area contributed by atoms with Crippen LogP contribution in [0.5, 0.6) is 23.0 Å². The molecule has 0 saturated carbocycles. The second kappa shape index (κ2) is 14.6. The molecule has 1 saturated heterocycles. The molecule has 5 aromatic rings. The fraction of sp³-hybridized carbons (Fsp3) is 0.257. The lowest BCUT2D eigenvalue weighted by atomic mass is 10.1. The number of para-hydroxylation sites is 1. The lowest BCUT2D eigenvalue weighted by molar-refractivity contribution is 0.0357. The molecule has 0 spiro atoms. The Bertz CT molecular complexity index is 2010. The third-order valence-corrected chi connectivity index (χ3v) is 7.81. The fourth-order valence-electron chi connectivity index (χ4n) is 5.30. The van der Waals surface area contributed by atoms with Crippen LogP contribution in [0, 0.1) is 18.6 Å². The molecule has 3 aromatic carbocycles. The highest BCUT2D eigenvalue weighted by atomic mass is 19.1. The maximum atomic E-state index is 15.5. The van der Waals surface area contributed by atoms with Crippen molar-refractivity contribution in [3.63, 3.8) is 0 Å². The Hall–Kier alpha value is -5.40. The summed E-state index contributed by atoms with van der Waals surface area (Å²) < 4.78 is 53.5. The molecule has 11 nitrogen and oxygen atoms in total. The van der Waals surface area contributed by atoms with E-state index in [4.69, 9.17) is 18.9 Å². The van der Waals surface area contributed by atoms with Crippen LogP contribution in [-0.4, -0.2) is 72.1 Å². The molecule has 1 aliphatic heterocycles. The number of carbonyl (C=O) groups is 1. The van der Waals surface area contributed by atoms with Crippen LogP contribution in [0.25, 0.3) is 16.6 Å². The van der Waals surface area contributed by atoms with E-state index in [2.05, 4.69) is 20.3 Å². The Kier molecular flexibility index (Phi) is 9.88. The van der Waals surface area contributed by atoms with Gasteiger partial charge in [0, 0.05) is 49.4 Å². The van der Waals surface area contributed by atoms with Gasteiger partial charge in [-0.2, -0.15) is 9.78 Å². The van der Waals surface area contributed by atoms with Gasteiger partial charge in [0.2, 0.25) is 0 Å². The van der Waals surface area contributed by atoms with Gasteiger partial charge in [-0.25, -0.2) is 8.78 Å². The first kappa shape index (κ1) is 32.5. The number of fused-ring (bicyclic) bond motifs is 1. The van der Waals surface area contributed by atoms with Crippen LogP contribution in [0.15, 0.2) is 77.7 Å². The zero-order valence-corrected chi connectivity index (χ0v) is 26.4. The maximum absolute atomic E-state index is 15.5. The van der Waals surface area contributed by atoms with Gasteiger partial charge in [0.1, 0.15) is 11.6 Å². The molecular formula is C35H33F2N5O6. The normalized spacial score (nSPS) is 13.3. The van der Waals surface area contributed by atoms with Gasteiger partial charge in [0.25, 0.3) is 11.5 Å². The molecule has 48 heavy (non-hydrogen) atoms. The van der Waals surface area contributed by atoms with E-state index in [1.807, 2.05) is 0 Å². The molecule has 0 atom stereocenters. The minimum Gasteiger partial charge on any atom is -0.493 e. The Morgan fingerprint density at radius 1 is 0.958 bits per heavy atom. The summed E-state index contributed by atoms with van der Waals surface area (Å²) in [4.78, 5) is 32.5. The largest absolute Gasteiger partial charge is 0.493 e. The molecule has 3 heterocycles. The molecule has 0 unspecified atom stereocenters. The summed E-state index contributed by atoms with van der Waals surface area (Å²) in [6, 6.07) is 15.8. The minimum atomic E-state index is -0.781. The number of hydrogen-bond acceptors (Lipinski definition) is 9. The lowest BCUT2D eigenvalue weighted by Crippen LogP contribution is -2.37. The Balaban J connectivity index is 1.20. The van der Waals surface area contributed by atoms with Crippen LogP contribution in [0.1, 0.15) is 22.5 Å². The molecule has 0 aliphatic carbocycles. The van der Waals surface area contributed by atoms with Crippen molar-refractivity contribution < 1.29 is 32.5 Å². The first-order valence-electron chi connectivity index (χ1n) is 15.3. The van der Waals surface area contributed by atoms with Gasteiger partial charge in [-0.05, 0) is 55.3 Å². The highest BCUT2D eigenvalue weighted by Crippen LogP contribution is 2.37. The number of morpholine rings is 1. The van der Waals surface area contributed by atoms with Crippen molar-refractivity contribution in [3.05, 3.63) is 106 Å². The van der Waals surface area contributed by atoms with E-state index >= 15 is 4.39 Å². The van der Waals surface area contributed by atoms with Crippen LogP contribution in [-0.2, 0) is 4.74 Å². The van der Waals surface area contributed by atoms with Crippen molar-refractivity contribution in [2.75, 3.05) is 51.9 Å². The Morgan fingerprint density at radius 3 is 2.54 bits per heavy atom. The molecule has 1 amide bonds. The predicted octanol–water partition coefficient (Wildman–Crippen LogP) is 5.52. The molecule has 1 N–H and O–H groups in total. The Morgan fingerprint density at radius 2 is 1.77 bits per heavy atom. The van der Waals surface area contributed by atoms with Gasteiger partial charge in [0.15, 0.2) is 28.8 Å². The topological polar surface area (TPSA) is 117 Å². The zero-order chi connectivity index (χ0) is 33.6. The zero-order valence-electron chi connectivity index (χ0n) is 26.4. The number of nitrogens with zero attached hydrogens (tertiary/aromatic N) is 4. The summed E-state index contributed by atoms with van der Waals surface area (Å²) >= 11 is 0. The number of pyridine rings is 1. The third kappa shape index (κ3) is 7.27. The Labute approximate surface area is 274 Å². The monoisotopic (exact) mass is 657 g/mol.